The van der Waals surface area contributed by atoms with Crippen LogP contribution in [0.25, 0.3) is 0 Å². The summed E-state index contributed by atoms with van der Waals surface area (Å²) in [6.07, 6.45) is 0.850. The quantitative estimate of drug-likeness (QED) is 0.762. The highest BCUT2D eigenvalue weighted by Gasteiger charge is 2.23. The van der Waals surface area contributed by atoms with Gasteiger partial charge in [-0.15, -0.1) is 0 Å². The Morgan fingerprint density at radius 1 is 1.24 bits per heavy atom. The Labute approximate surface area is 98.4 Å². The van der Waals surface area contributed by atoms with Gasteiger partial charge in [0.15, 0.2) is 17.5 Å². The molecule has 1 heterocycles. The minimum absolute atomic E-state index is 0.0526. The second-order valence-corrected chi connectivity index (χ2v) is 4.29. The van der Waals surface area contributed by atoms with Crippen molar-refractivity contribution < 1.29 is 13.2 Å². The van der Waals surface area contributed by atoms with Crippen molar-refractivity contribution in [2.45, 2.75) is 19.4 Å². The molecule has 17 heavy (non-hydrogen) atoms. The largest absolute Gasteiger partial charge is 0.365 e. The van der Waals surface area contributed by atoms with E-state index in [1.165, 1.54) is 6.07 Å². The zero-order valence-electron chi connectivity index (χ0n) is 9.64. The molecule has 1 aromatic rings. The van der Waals surface area contributed by atoms with Crippen LogP contribution in [-0.2, 0) is 0 Å². The van der Waals surface area contributed by atoms with Gasteiger partial charge in [-0.3, -0.25) is 0 Å². The first-order chi connectivity index (χ1) is 8.11. The van der Waals surface area contributed by atoms with Crippen molar-refractivity contribution in [3.05, 3.63) is 29.6 Å². The van der Waals surface area contributed by atoms with Crippen LogP contribution in [0.3, 0.4) is 0 Å². The van der Waals surface area contributed by atoms with E-state index in [-0.39, 0.29) is 11.7 Å². The van der Waals surface area contributed by atoms with E-state index in [1.807, 2.05) is 6.92 Å². The summed E-state index contributed by atoms with van der Waals surface area (Å²) in [6, 6.07) is 2.32. The van der Waals surface area contributed by atoms with Crippen molar-refractivity contribution in [1.29, 1.82) is 0 Å². The maximum Gasteiger partial charge on any atom is 0.196 e. The minimum Gasteiger partial charge on any atom is -0.365 e. The maximum absolute atomic E-state index is 13.7. The third-order valence-electron chi connectivity index (χ3n) is 3.05. The van der Waals surface area contributed by atoms with Crippen LogP contribution in [0.1, 0.15) is 13.3 Å². The van der Waals surface area contributed by atoms with Gasteiger partial charge in [0.25, 0.3) is 0 Å². The summed E-state index contributed by atoms with van der Waals surface area (Å²) in [5.41, 5.74) is 0.139. The molecule has 1 aromatic carbocycles. The van der Waals surface area contributed by atoms with Crippen LogP contribution in [0.4, 0.5) is 18.9 Å². The first-order valence-electron chi connectivity index (χ1n) is 5.72. The van der Waals surface area contributed by atoms with Gasteiger partial charge in [-0.25, -0.2) is 13.2 Å². The van der Waals surface area contributed by atoms with Gasteiger partial charge in [-0.1, -0.05) is 0 Å². The standard InChI is InChI=1S/C12H15F3N2/c1-8-7-16-5-2-6-17(8)10-4-3-9(13)11(14)12(10)15/h3-4,8,16H,2,5-7H2,1H3. The number of hydrogen-bond acceptors (Lipinski definition) is 2. The van der Waals surface area contributed by atoms with Gasteiger partial charge in [-0.2, -0.15) is 0 Å². The van der Waals surface area contributed by atoms with E-state index >= 15 is 0 Å². The normalized spacial score (nSPS) is 21.4. The maximum atomic E-state index is 13.7. The van der Waals surface area contributed by atoms with E-state index in [2.05, 4.69) is 5.32 Å². The molecule has 2 nitrogen and oxygen atoms in total. The van der Waals surface area contributed by atoms with Gasteiger partial charge in [0, 0.05) is 19.1 Å². The van der Waals surface area contributed by atoms with Crippen LogP contribution in [0.5, 0.6) is 0 Å². The summed E-state index contributed by atoms with van der Waals surface area (Å²) in [6.45, 7) is 4.12. The smallest absolute Gasteiger partial charge is 0.196 e. The van der Waals surface area contributed by atoms with E-state index in [0.717, 1.165) is 19.0 Å². The molecule has 1 N–H and O–H groups in total. The number of anilines is 1. The lowest BCUT2D eigenvalue weighted by atomic mass is 10.2. The Morgan fingerprint density at radius 2 is 2.00 bits per heavy atom. The third kappa shape index (κ3) is 2.39. The van der Waals surface area contributed by atoms with E-state index < -0.39 is 17.5 Å². The molecule has 5 heteroatoms. The fourth-order valence-corrected chi connectivity index (χ4v) is 2.11. The summed E-state index contributed by atoms with van der Waals surface area (Å²) in [7, 11) is 0. The zero-order valence-corrected chi connectivity index (χ0v) is 9.64. The average Bonchev–Trinajstić information content (AvgIpc) is 2.52. The van der Waals surface area contributed by atoms with Crippen LogP contribution in [-0.4, -0.2) is 25.7 Å². The van der Waals surface area contributed by atoms with E-state index in [9.17, 15) is 13.2 Å². The predicted molar refractivity (Wildman–Crippen MR) is 60.6 cm³/mol. The fourth-order valence-electron chi connectivity index (χ4n) is 2.11. The molecule has 0 aromatic heterocycles. The SMILES string of the molecule is CC1CNCCCN1c1ccc(F)c(F)c1F. The lowest BCUT2D eigenvalue weighted by molar-refractivity contribution is 0.444. The van der Waals surface area contributed by atoms with Crippen LogP contribution in [0, 0.1) is 17.5 Å². The second kappa shape index (κ2) is 4.96. The second-order valence-electron chi connectivity index (χ2n) is 4.29. The Kier molecular flexibility index (Phi) is 3.57. The molecular weight excluding hydrogens is 229 g/mol. The Morgan fingerprint density at radius 3 is 2.76 bits per heavy atom. The monoisotopic (exact) mass is 244 g/mol. The van der Waals surface area contributed by atoms with E-state index in [0.29, 0.717) is 13.1 Å². The highest BCUT2D eigenvalue weighted by molar-refractivity contribution is 5.49. The molecule has 0 amide bonds. The third-order valence-corrected chi connectivity index (χ3v) is 3.05. The number of halogens is 3. The van der Waals surface area contributed by atoms with Gasteiger partial charge in [-0.05, 0) is 32.0 Å². The molecule has 2 rings (SSSR count). The number of nitrogens with one attached hydrogen (secondary N) is 1. The molecule has 0 bridgehead atoms. The number of nitrogens with zero attached hydrogens (tertiary/aromatic N) is 1. The van der Waals surface area contributed by atoms with Crippen LogP contribution in [0.2, 0.25) is 0 Å². The highest BCUT2D eigenvalue weighted by Crippen LogP contribution is 2.25. The molecule has 0 spiro atoms. The molecule has 94 valence electrons. The zero-order chi connectivity index (χ0) is 12.4. The van der Waals surface area contributed by atoms with Crippen molar-refractivity contribution in [3.8, 4) is 0 Å². The van der Waals surface area contributed by atoms with Crippen LogP contribution in [0.15, 0.2) is 12.1 Å². The van der Waals surface area contributed by atoms with Crippen molar-refractivity contribution in [2.75, 3.05) is 24.5 Å². The van der Waals surface area contributed by atoms with Gasteiger partial charge in [0.2, 0.25) is 0 Å². The lowest BCUT2D eigenvalue weighted by Gasteiger charge is -2.29. The Hall–Kier alpha value is -1.23. The fraction of sp³-hybridized carbons (Fsp3) is 0.500. The number of benzene rings is 1. The van der Waals surface area contributed by atoms with Gasteiger partial charge >= 0.3 is 0 Å². The molecule has 1 fully saturated rings. The Balaban J connectivity index is 2.35. The van der Waals surface area contributed by atoms with Crippen LogP contribution < -0.4 is 10.2 Å². The van der Waals surface area contributed by atoms with Crippen molar-refractivity contribution in [3.63, 3.8) is 0 Å². The highest BCUT2D eigenvalue weighted by atomic mass is 19.2. The molecule has 1 saturated heterocycles. The molecular formula is C12H15F3N2. The van der Waals surface area contributed by atoms with E-state index in [1.54, 1.807) is 4.90 Å². The summed E-state index contributed by atoms with van der Waals surface area (Å²) < 4.78 is 39.7. The molecule has 0 saturated carbocycles. The predicted octanol–water partition coefficient (Wildman–Crippen LogP) is 2.29. The molecule has 0 radical (unpaired) electrons. The van der Waals surface area contributed by atoms with Crippen molar-refractivity contribution in [1.82, 2.24) is 5.32 Å². The molecule has 0 aliphatic carbocycles. The lowest BCUT2D eigenvalue weighted by Crippen LogP contribution is -2.38. The van der Waals surface area contributed by atoms with E-state index in [4.69, 9.17) is 0 Å². The molecule has 1 aliphatic rings. The van der Waals surface area contributed by atoms with Gasteiger partial charge in [0.1, 0.15) is 0 Å². The molecule has 1 aliphatic heterocycles. The molecule has 1 atom stereocenters. The topological polar surface area (TPSA) is 15.3 Å². The number of hydrogen-bond donors (Lipinski definition) is 1. The molecule has 1 unspecified atom stereocenters. The summed E-state index contributed by atoms with van der Waals surface area (Å²) in [5, 5.41) is 3.21. The van der Waals surface area contributed by atoms with Crippen molar-refractivity contribution in [2.24, 2.45) is 0 Å². The number of rotatable bonds is 1. The van der Waals surface area contributed by atoms with Crippen LogP contribution >= 0.6 is 0 Å². The summed E-state index contributed by atoms with van der Waals surface area (Å²) in [4.78, 5) is 1.78. The van der Waals surface area contributed by atoms with Crippen molar-refractivity contribution >= 4 is 5.69 Å². The Bertz CT molecular complexity index is 409. The first kappa shape index (κ1) is 12.2. The first-order valence-corrected chi connectivity index (χ1v) is 5.72. The average molecular weight is 244 g/mol. The van der Waals surface area contributed by atoms with Gasteiger partial charge < -0.3 is 10.2 Å². The van der Waals surface area contributed by atoms with Gasteiger partial charge in [0.05, 0.1) is 5.69 Å². The summed E-state index contributed by atoms with van der Waals surface area (Å²) >= 11 is 0. The summed E-state index contributed by atoms with van der Waals surface area (Å²) in [5.74, 6) is -3.64. The minimum atomic E-state index is -1.40.